The van der Waals surface area contributed by atoms with E-state index >= 15 is 0 Å². The lowest BCUT2D eigenvalue weighted by molar-refractivity contribution is 0.0749. The van der Waals surface area contributed by atoms with Gasteiger partial charge in [-0.3, -0.25) is 4.79 Å². The fourth-order valence-electron chi connectivity index (χ4n) is 3.00. The smallest absolute Gasteiger partial charge is 0.272 e. The summed E-state index contributed by atoms with van der Waals surface area (Å²) < 4.78 is 0. The first kappa shape index (κ1) is 19.0. The number of aromatic nitrogens is 1. The molecule has 2 rings (SSSR count). The second kappa shape index (κ2) is 9.21. The maximum absolute atomic E-state index is 12.6. The molecule has 4 heteroatoms. The minimum Gasteiger partial charge on any atom is -0.341 e. The van der Waals surface area contributed by atoms with Crippen LogP contribution in [0.1, 0.15) is 49.7 Å². The Balaban J connectivity index is 2.21. The third-order valence-electron chi connectivity index (χ3n) is 4.18. The van der Waals surface area contributed by atoms with Crippen molar-refractivity contribution in [3.63, 3.8) is 0 Å². The van der Waals surface area contributed by atoms with Gasteiger partial charge in [0.1, 0.15) is 5.69 Å². The highest BCUT2D eigenvalue weighted by Gasteiger charge is 2.16. The normalized spacial score (nSPS) is 10.6. The SMILES string of the molecule is CCCN(CCC)C(=O)c1ccc(N(CC)c2cccc(C)c2)cn1. The quantitative estimate of drug-likeness (QED) is 0.692. The lowest BCUT2D eigenvalue weighted by Crippen LogP contribution is -2.33. The molecule has 0 saturated heterocycles. The van der Waals surface area contributed by atoms with Gasteiger partial charge >= 0.3 is 0 Å². The molecule has 25 heavy (non-hydrogen) atoms. The van der Waals surface area contributed by atoms with Crippen LogP contribution >= 0.6 is 0 Å². The summed E-state index contributed by atoms with van der Waals surface area (Å²) in [6.45, 7) is 10.8. The van der Waals surface area contributed by atoms with Crippen LogP contribution in [0.25, 0.3) is 0 Å². The molecule has 1 heterocycles. The third-order valence-corrected chi connectivity index (χ3v) is 4.18. The van der Waals surface area contributed by atoms with Crippen molar-refractivity contribution in [3.05, 3.63) is 53.9 Å². The lowest BCUT2D eigenvalue weighted by Gasteiger charge is -2.24. The molecule has 0 unspecified atom stereocenters. The Morgan fingerprint density at radius 3 is 2.24 bits per heavy atom. The third kappa shape index (κ3) is 4.81. The van der Waals surface area contributed by atoms with Crippen molar-refractivity contribution in [2.24, 2.45) is 0 Å². The predicted molar refractivity (Wildman–Crippen MR) is 105 cm³/mol. The van der Waals surface area contributed by atoms with Crippen molar-refractivity contribution in [1.29, 1.82) is 0 Å². The van der Waals surface area contributed by atoms with E-state index < -0.39 is 0 Å². The standard InChI is InChI=1S/C21H29N3O/c1-5-13-23(14-6-2)21(25)20-12-11-19(16-22-20)24(7-3)18-10-8-9-17(4)15-18/h8-12,15-16H,5-7,13-14H2,1-4H3. The number of hydrogen-bond donors (Lipinski definition) is 0. The van der Waals surface area contributed by atoms with Gasteiger partial charge in [0, 0.05) is 25.3 Å². The number of aryl methyl sites for hydroxylation is 1. The molecule has 2 aromatic rings. The summed E-state index contributed by atoms with van der Waals surface area (Å²) in [6, 6.07) is 12.2. The molecule has 1 aromatic heterocycles. The highest BCUT2D eigenvalue weighted by molar-refractivity contribution is 5.92. The maximum atomic E-state index is 12.6. The topological polar surface area (TPSA) is 36.4 Å². The molecule has 4 nitrogen and oxygen atoms in total. The van der Waals surface area contributed by atoms with Gasteiger partial charge in [0.15, 0.2) is 0 Å². The van der Waals surface area contributed by atoms with Crippen LogP contribution < -0.4 is 4.90 Å². The van der Waals surface area contributed by atoms with Gasteiger partial charge in [0.2, 0.25) is 0 Å². The molecule has 0 bridgehead atoms. The van der Waals surface area contributed by atoms with Crippen molar-refractivity contribution in [2.75, 3.05) is 24.5 Å². The Hall–Kier alpha value is -2.36. The van der Waals surface area contributed by atoms with Crippen LogP contribution in [-0.2, 0) is 0 Å². The van der Waals surface area contributed by atoms with E-state index in [1.54, 1.807) is 6.20 Å². The molecule has 0 aliphatic rings. The Bertz CT molecular complexity index is 676. The molecule has 1 aromatic carbocycles. The summed E-state index contributed by atoms with van der Waals surface area (Å²) >= 11 is 0. The molecule has 1 amide bonds. The number of carbonyl (C=O) groups is 1. The minimum absolute atomic E-state index is 0.0221. The minimum atomic E-state index is 0.0221. The summed E-state index contributed by atoms with van der Waals surface area (Å²) in [7, 11) is 0. The fourth-order valence-corrected chi connectivity index (χ4v) is 3.00. The Morgan fingerprint density at radius 1 is 1.00 bits per heavy atom. The fraction of sp³-hybridized carbons (Fsp3) is 0.429. The van der Waals surface area contributed by atoms with Crippen LogP contribution in [-0.4, -0.2) is 35.4 Å². The monoisotopic (exact) mass is 339 g/mol. The second-order valence-electron chi connectivity index (χ2n) is 6.28. The maximum Gasteiger partial charge on any atom is 0.272 e. The van der Waals surface area contributed by atoms with E-state index in [2.05, 4.69) is 61.8 Å². The predicted octanol–water partition coefficient (Wildman–Crippen LogP) is 4.81. The van der Waals surface area contributed by atoms with E-state index in [0.29, 0.717) is 5.69 Å². The van der Waals surface area contributed by atoms with Crippen molar-refractivity contribution in [1.82, 2.24) is 9.88 Å². The Morgan fingerprint density at radius 2 is 1.72 bits per heavy atom. The first-order valence-corrected chi connectivity index (χ1v) is 9.20. The number of hydrogen-bond acceptors (Lipinski definition) is 3. The summed E-state index contributed by atoms with van der Waals surface area (Å²) in [4.78, 5) is 21.2. The molecule has 0 saturated carbocycles. The van der Waals surface area contributed by atoms with E-state index in [0.717, 1.165) is 43.9 Å². The van der Waals surface area contributed by atoms with Crippen molar-refractivity contribution < 1.29 is 4.79 Å². The highest BCUT2D eigenvalue weighted by Crippen LogP contribution is 2.25. The number of anilines is 2. The first-order chi connectivity index (χ1) is 12.1. The molecular weight excluding hydrogens is 310 g/mol. The number of rotatable bonds is 8. The molecule has 0 fully saturated rings. The van der Waals surface area contributed by atoms with Crippen LogP contribution in [0.5, 0.6) is 0 Å². The molecule has 0 spiro atoms. The average molecular weight is 339 g/mol. The van der Waals surface area contributed by atoms with Gasteiger partial charge in [-0.15, -0.1) is 0 Å². The van der Waals surface area contributed by atoms with E-state index in [1.165, 1.54) is 5.56 Å². The number of amides is 1. The molecule has 0 radical (unpaired) electrons. The number of carbonyl (C=O) groups excluding carboxylic acids is 1. The molecular formula is C21H29N3O. The summed E-state index contributed by atoms with van der Waals surface area (Å²) in [6.07, 6.45) is 3.72. The van der Waals surface area contributed by atoms with E-state index in [1.807, 2.05) is 17.0 Å². The molecule has 134 valence electrons. The lowest BCUT2D eigenvalue weighted by atomic mass is 10.2. The summed E-state index contributed by atoms with van der Waals surface area (Å²) in [5, 5.41) is 0. The van der Waals surface area contributed by atoms with Crippen LogP contribution in [0, 0.1) is 6.92 Å². The van der Waals surface area contributed by atoms with Crippen LogP contribution in [0.15, 0.2) is 42.6 Å². The van der Waals surface area contributed by atoms with Crippen LogP contribution in [0.3, 0.4) is 0 Å². The van der Waals surface area contributed by atoms with Crippen LogP contribution in [0.2, 0.25) is 0 Å². The largest absolute Gasteiger partial charge is 0.341 e. The Labute approximate surface area is 151 Å². The van der Waals surface area contributed by atoms with Gasteiger partial charge in [0.25, 0.3) is 5.91 Å². The molecule has 0 aliphatic heterocycles. The number of pyridine rings is 1. The van der Waals surface area contributed by atoms with Crippen molar-refractivity contribution >= 4 is 17.3 Å². The Kier molecular flexibility index (Phi) is 6.99. The van der Waals surface area contributed by atoms with E-state index in [9.17, 15) is 4.79 Å². The summed E-state index contributed by atoms with van der Waals surface area (Å²) in [5.41, 5.74) is 3.89. The van der Waals surface area contributed by atoms with Crippen molar-refractivity contribution in [3.8, 4) is 0 Å². The van der Waals surface area contributed by atoms with Gasteiger partial charge < -0.3 is 9.80 Å². The van der Waals surface area contributed by atoms with E-state index in [-0.39, 0.29) is 5.91 Å². The first-order valence-electron chi connectivity index (χ1n) is 9.20. The second-order valence-corrected chi connectivity index (χ2v) is 6.28. The van der Waals surface area contributed by atoms with Gasteiger partial charge in [-0.25, -0.2) is 4.98 Å². The highest BCUT2D eigenvalue weighted by atomic mass is 16.2. The van der Waals surface area contributed by atoms with Gasteiger partial charge in [-0.2, -0.15) is 0 Å². The molecule has 0 aliphatic carbocycles. The van der Waals surface area contributed by atoms with Gasteiger partial charge in [0.05, 0.1) is 11.9 Å². The zero-order valence-corrected chi connectivity index (χ0v) is 15.8. The van der Waals surface area contributed by atoms with Gasteiger partial charge in [-0.1, -0.05) is 26.0 Å². The zero-order chi connectivity index (χ0) is 18.2. The molecule has 0 N–H and O–H groups in total. The van der Waals surface area contributed by atoms with Crippen LogP contribution in [0.4, 0.5) is 11.4 Å². The van der Waals surface area contributed by atoms with E-state index in [4.69, 9.17) is 0 Å². The van der Waals surface area contributed by atoms with Crippen molar-refractivity contribution in [2.45, 2.75) is 40.5 Å². The van der Waals surface area contributed by atoms with Gasteiger partial charge in [-0.05, 0) is 56.5 Å². The average Bonchev–Trinajstić information content (AvgIpc) is 2.62. The number of benzene rings is 1. The number of nitrogens with zero attached hydrogens (tertiary/aromatic N) is 3. The molecule has 0 atom stereocenters. The summed E-state index contributed by atoms with van der Waals surface area (Å²) in [5.74, 6) is 0.0221. The zero-order valence-electron chi connectivity index (χ0n) is 15.8.